The van der Waals surface area contributed by atoms with E-state index in [4.69, 9.17) is 25.8 Å². The molecule has 27 heavy (non-hydrogen) atoms. The van der Waals surface area contributed by atoms with Crippen molar-refractivity contribution in [1.82, 2.24) is 5.01 Å². The Balaban J connectivity index is 2.01. The van der Waals surface area contributed by atoms with Crippen LogP contribution in [0.25, 0.3) is 0 Å². The molecular formula is C20H21ClN2O4. The van der Waals surface area contributed by atoms with Crippen LogP contribution < -0.4 is 14.2 Å². The van der Waals surface area contributed by atoms with Gasteiger partial charge in [0.05, 0.1) is 33.1 Å². The maximum atomic E-state index is 12.1. The SMILES string of the molecule is COc1cc(C2=NN(C(C)=O)[C@H](c3ccc(Cl)cc3)C2)cc(OC)c1OC. The molecule has 7 heteroatoms. The molecular weight excluding hydrogens is 368 g/mol. The maximum Gasteiger partial charge on any atom is 0.240 e. The number of carbonyl (C=O) groups is 1. The second kappa shape index (κ2) is 7.88. The van der Waals surface area contributed by atoms with Gasteiger partial charge in [-0.1, -0.05) is 23.7 Å². The van der Waals surface area contributed by atoms with Crippen LogP contribution in [-0.2, 0) is 4.79 Å². The number of hydrazone groups is 1. The predicted molar refractivity (Wildman–Crippen MR) is 104 cm³/mol. The maximum absolute atomic E-state index is 12.1. The van der Waals surface area contributed by atoms with Crippen LogP contribution in [0.4, 0.5) is 0 Å². The van der Waals surface area contributed by atoms with Crippen LogP contribution in [0, 0.1) is 0 Å². The Hall–Kier alpha value is -2.73. The molecule has 0 saturated heterocycles. The highest BCUT2D eigenvalue weighted by atomic mass is 35.5. The number of methoxy groups -OCH3 is 3. The molecule has 1 heterocycles. The van der Waals surface area contributed by atoms with Crippen LogP contribution in [0.5, 0.6) is 17.2 Å². The summed E-state index contributed by atoms with van der Waals surface area (Å²) in [4.78, 5) is 12.1. The number of halogens is 1. The second-order valence-corrected chi connectivity index (χ2v) is 6.53. The third kappa shape index (κ3) is 3.71. The molecule has 2 aromatic carbocycles. The Morgan fingerprint density at radius 3 is 2.15 bits per heavy atom. The van der Waals surface area contributed by atoms with Crippen molar-refractivity contribution in [3.8, 4) is 17.2 Å². The molecule has 0 aliphatic carbocycles. The molecule has 0 spiro atoms. The summed E-state index contributed by atoms with van der Waals surface area (Å²) in [5.41, 5.74) is 2.55. The zero-order valence-electron chi connectivity index (χ0n) is 15.7. The fourth-order valence-electron chi connectivity index (χ4n) is 3.17. The van der Waals surface area contributed by atoms with Gasteiger partial charge in [0.1, 0.15) is 0 Å². The summed E-state index contributed by atoms with van der Waals surface area (Å²) in [7, 11) is 4.69. The van der Waals surface area contributed by atoms with Gasteiger partial charge in [-0.2, -0.15) is 5.10 Å². The van der Waals surface area contributed by atoms with Gasteiger partial charge in [0.15, 0.2) is 11.5 Å². The van der Waals surface area contributed by atoms with Crippen LogP contribution in [0.15, 0.2) is 41.5 Å². The zero-order valence-corrected chi connectivity index (χ0v) is 16.4. The van der Waals surface area contributed by atoms with Crippen molar-refractivity contribution in [2.24, 2.45) is 5.10 Å². The lowest BCUT2D eigenvalue weighted by atomic mass is 9.98. The number of rotatable bonds is 5. The first kappa shape index (κ1) is 19.0. The minimum atomic E-state index is -0.186. The Morgan fingerprint density at radius 2 is 1.67 bits per heavy atom. The Bertz CT molecular complexity index is 855. The summed E-state index contributed by atoms with van der Waals surface area (Å²) in [5.74, 6) is 1.47. The first-order chi connectivity index (χ1) is 13.0. The summed E-state index contributed by atoms with van der Waals surface area (Å²) in [5, 5.41) is 6.71. The van der Waals surface area contributed by atoms with Gasteiger partial charge < -0.3 is 14.2 Å². The minimum Gasteiger partial charge on any atom is -0.493 e. The van der Waals surface area contributed by atoms with Crippen LogP contribution >= 0.6 is 11.6 Å². The van der Waals surface area contributed by atoms with Crippen LogP contribution in [-0.4, -0.2) is 38.0 Å². The van der Waals surface area contributed by atoms with Gasteiger partial charge in [-0.05, 0) is 29.8 Å². The molecule has 1 atom stereocenters. The monoisotopic (exact) mass is 388 g/mol. The van der Waals surface area contributed by atoms with Crippen molar-refractivity contribution in [3.63, 3.8) is 0 Å². The smallest absolute Gasteiger partial charge is 0.240 e. The highest BCUT2D eigenvalue weighted by molar-refractivity contribution is 6.30. The lowest BCUT2D eigenvalue weighted by Crippen LogP contribution is -2.24. The molecule has 0 saturated carbocycles. The van der Waals surface area contributed by atoms with E-state index in [2.05, 4.69) is 5.10 Å². The average molecular weight is 389 g/mol. The van der Waals surface area contributed by atoms with E-state index < -0.39 is 0 Å². The molecule has 6 nitrogen and oxygen atoms in total. The lowest BCUT2D eigenvalue weighted by Gasteiger charge is -2.20. The fraction of sp³-hybridized carbons (Fsp3) is 0.300. The van der Waals surface area contributed by atoms with Gasteiger partial charge in [0.25, 0.3) is 0 Å². The molecule has 0 unspecified atom stereocenters. The molecule has 142 valence electrons. The van der Waals surface area contributed by atoms with Crippen LogP contribution in [0.3, 0.4) is 0 Å². The third-order valence-corrected chi connectivity index (χ3v) is 4.74. The molecule has 0 fully saturated rings. The largest absolute Gasteiger partial charge is 0.493 e. The van der Waals surface area contributed by atoms with E-state index in [0.717, 1.165) is 16.8 Å². The molecule has 0 N–H and O–H groups in total. The first-order valence-electron chi connectivity index (χ1n) is 8.41. The van der Waals surface area contributed by atoms with E-state index in [1.807, 2.05) is 36.4 Å². The topological polar surface area (TPSA) is 60.4 Å². The van der Waals surface area contributed by atoms with Crippen LogP contribution in [0.1, 0.15) is 30.5 Å². The van der Waals surface area contributed by atoms with E-state index in [0.29, 0.717) is 28.7 Å². The van der Waals surface area contributed by atoms with Crippen molar-refractivity contribution in [2.45, 2.75) is 19.4 Å². The number of amides is 1. The minimum absolute atomic E-state index is 0.127. The van der Waals surface area contributed by atoms with E-state index in [9.17, 15) is 4.79 Å². The van der Waals surface area contributed by atoms with Gasteiger partial charge in [-0.15, -0.1) is 0 Å². The van der Waals surface area contributed by atoms with Gasteiger partial charge in [0.2, 0.25) is 11.7 Å². The lowest BCUT2D eigenvalue weighted by molar-refractivity contribution is -0.130. The summed E-state index contributed by atoms with van der Waals surface area (Å²) in [6, 6.07) is 10.9. The molecule has 0 radical (unpaired) electrons. The number of ether oxygens (including phenoxy) is 3. The van der Waals surface area contributed by atoms with Crippen molar-refractivity contribution >= 4 is 23.2 Å². The van der Waals surface area contributed by atoms with E-state index in [-0.39, 0.29) is 11.9 Å². The molecule has 1 aliphatic rings. The van der Waals surface area contributed by atoms with Gasteiger partial charge in [-0.25, -0.2) is 5.01 Å². The second-order valence-electron chi connectivity index (χ2n) is 6.10. The van der Waals surface area contributed by atoms with Crippen molar-refractivity contribution in [3.05, 3.63) is 52.5 Å². The van der Waals surface area contributed by atoms with Gasteiger partial charge >= 0.3 is 0 Å². The number of nitrogens with zero attached hydrogens (tertiary/aromatic N) is 2. The fourth-order valence-corrected chi connectivity index (χ4v) is 3.29. The number of carbonyl (C=O) groups excluding carboxylic acids is 1. The number of hydrogen-bond acceptors (Lipinski definition) is 5. The Labute approximate surface area is 163 Å². The van der Waals surface area contributed by atoms with E-state index in [1.54, 1.807) is 21.3 Å². The standard InChI is InChI=1S/C20H21ClN2O4/c1-12(24)23-17(13-5-7-15(21)8-6-13)11-16(22-23)14-9-18(25-2)20(27-4)19(10-14)26-3/h5-10,17H,11H2,1-4H3/t17-/m0/s1. The number of hydrogen-bond donors (Lipinski definition) is 0. The third-order valence-electron chi connectivity index (χ3n) is 4.49. The van der Waals surface area contributed by atoms with Crippen molar-refractivity contribution < 1.29 is 19.0 Å². The highest BCUT2D eigenvalue weighted by Gasteiger charge is 2.32. The van der Waals surface area contributed by atoms with Crippen LogP contribution in [0.2, 0.25) is 5.02 Å². The van der Waals surface area contributed by atoms with E-state index in [1.165, 1.54) is 11.9 Å². The predicted octanol–water partition coefficient (Wildman–Crippen LogP) is 4.06. The van der Waals surface area contributed by atoms with Crippen molar-refractivity contribution in [2.75, 3.05) is 21.3 Å². The quantitative estimate of drug-likeness (QED) is 0.774. The zero-order chi connectivity index (χ0) is 19.6. The Morgan fingerprint density at radius 1 is 1.07 bits per heavy atom. The molecule has 1 amide bonds. The molecule has 0 bridgehead atoms. The summed E-state index contributed by atoms with van der Waals surface area (Å²) in [6.07, 6.45) is 0.569. The highest BCUT2D eigenvalue weighted by Crippen LogP contribution is 2.40. The molecule has 3 rings (SSSR count). The van der Waals surface area contributed by atoms with Gasteiger partial charge in [0, 0.05) is 23.9 Å². The normalized spacial score (nSPS) is 16.1. The Kier molecular flexibility index (Phi) is 5.56. The van der Waals surface area contributed by atoms with E-state index >= 15 is 0 Å². The summed E-state index contributed by atoms with van der Waals surface area (Å²) >= 11 is 5.99. The number of benzene rings is 2. The molecule has 2 aromatic rings. The summed E-state index contributed by atoms with van der Waals surface area (Å²) in [6.45, 7) is 1.50. The summed E-state index contributed by atoms with van der Waals surface area (Å²) < 4.78 is 16.2. The molecule has 1 aliphatic heterocycles. The van der Waals surface area contributed by atoms with Gasteiger partial charge in [-0.3, -0.25) is 4.79 Å². The van der Waals surface area contributed by atoms with Crippen molar-refractivity contribution in [1.29, 1.82) is 0 Å². The first-order valence-corrected chi connectivity index (χ1v) is 8.79. The molecule has 0 aromatic heterocycles. The average Bonchev–Trinajstić information content (AvgIpc) is 3.13.